The molecule has 0 aromatic heterocycles. The molecule has 1 heterocycles. The quantitative estimate of drug-likeness (QED) is 0.705. The molecule has 2 amide bonds. The Morgan fingerprint density at radius 3 is 2.41 bits per heavy atom. The van der Waals surface area contributed by atoms with E-state index in [9.17, 15) is 14.7 Å². The molecule has 0 aliphatic carbocycles. The Labute approximate surface area is 156 Å². The topological polar surface area (TPSA) is 96.9 Å². The van der Waals surface area contributed by atoms with Crippen LogP contribution in [0.15, 0.2) is 59.8 Å². The molecule has 2 aromatic rings. The summed E-state index contributed by atoms with van der Waals surface area (Å²) in [7, 11) is 1.58. The fraction of sp³-hybridized carbons (Fsp3) is 0.200. The minimum Gasteiger partial charge on any atom is -0.508 e. The molecule has 1 aliphatic rings. The van der Waals surface area contributed by atoms with Crippen LogP contribution in [0.25, 0.3) is 0 Å². The summed E-state index contributed by atoms with van der Waals surface area (Å²) < 4.78 is 10.5. The maximum Gasteiger partial charge on any atom is 0.338 e. The standard InChI is InChI=1S/C20H20N2O5/c1-12-17(19(24)27-11-13-3-9-16(26-2)10-4-13)18(22-20(25)21-12)14-5-7-15(23)8-6-14/h3-10,18,23H,11H2,1-2H3,(H2,21,22,25)/t18-/m1/s1. The van der Waals surface area contributed by atoms with Crippen molar-refractivity contribution >= 4 is 12.0 Å². The Kier molecular flexibility index (Phi) is 5.30. The number of ether oxygens (including phenoxy) is 2. The number of nitrogens with one attached hydrogen (secondary N) is 2. The molecule has 0 spiro atoms. The van der Waals surface area contributed by atoms with Gasteiger partial charge in [0.2, 0.25) is 0 Å². The zero-order chi connectivity index (χ0) is 19.4. The Morgan fingerprint density at radius 2 is 1.78 bits per heavy atom. The van der Waals surface area contributed by atoms with Crippen LogP contribution in [0.4, 0.5) is 4.79 Å². The first-order valence-electron chi connectivity index (χ1n) is 8.35. The van der Waals surface area contributed by atoms with Crippen molar-refractivity contribution < 1.29 is 24.2 Å². The average molecular weight is 368 g/mol. The third-order valence-corrected chi connectivity index (χ3v) is 4.24. The van der Waals surface area contributed by atoms with Crippen LogP contribution in [-0.2, 0) is 16.1 Å². The third kappa shape index (κ3) is 4.20. The summed E-state index contributed by atoms with van der Waals surface area (Å²) in [4.78, 5) is 24.6. The highest BCUT2D eigenvalue weighted by Crippen LogP contribution is 2.29. The van der Waals surface area contributed by atoms with Crippen molar-refractivity contribution in [1.29, 1.82) is 0 Å². The SMILES string of the molecule is COc1ccc(COC(=O)C2=C(C)NC(=O)N[C@@H]2c2ccc(O)cc2)cc1. The van der Waals surface area contributed by atoms with Gasteiger partial charge in [0.1, 0.15) is 18.1 Å². The first-order valence-corrected chi connectivity index (χ1v) is 8.35. The molecule has 0 fully saturated rings. The molecular formula is C20H20N2O5. The minimum absolute atomic E-state index is 0.0931. The van der Waals surface area contributed by atoms with Gasteiger partial charge < -0.3 is 25.2 Å². The molecule has 0 unspecified atom stereocenters. The number of urea groups is 1. The molecular weight excluding hydrogens is 348 g/mol. The van der Waals surface area contributed by atoms with E-state index in [1.807, 2.05) is 12.1 Å². The monoisotopic (exact) mass is 368 g/mol. The van der Waals surface area contributed by atoms with Crippen LogP contribution in [0.3, 0.4) is 0 Å². The summed E-state index contributed by atoms with van der Waals surface area (Å²) in [6, 6.07) is 12.4. The van der Waals surface area contributed by atoms with E-state index in [0.29, 0.717) is 16.8 Å². The van der Waals surface area contributed by atoms with E-state index in [4.69, 9.17) is 9.47 Å². The highest BCUT2D eigenvalue weighted by molar-refractivity contribution is 5.95. The van der Waals surface area contributed by atoms with Crippen LogP contribution >= 0.6 is 0 Å². The van der Waals surface area contributed by atoms with E-state index in [-0.39, 0.29) is 12.4 Å². The summed E-state index contributed by atoms with van der Waals surface area (Å²) in [6.07, 6.45) is 0. The summed E-state index contributed by atoms with van der Waals surface area (Å²) in [5.74, 6) is 0.285. The maximum absolute atomic E-state index is 12.7. The van der Waals surface area contributed by atoms with Crippen LogP contribution in [-0.4, -0.2) is 24.2 Å². The summed E-state index contributed by atoms with van der Waals surface area (Å²) in [5.41, 5.74) is 2.22. The molecule has 0 bridgehead atoms. The summed E-state index contributed by atoms with van der Waals surface area (Å²) in [5, 5.41) is 14.8. The number of aromatic hydroxyl groups is 1. The van der Waals surface area contributed by atoms with Crippen molar-refractivity contribution in [3.8, 4) is 11.5 Å². The molecule has 2 aromatic carbocycles. The number of amides is 2. The summed E-state index contributed by atoms with van der Waals surface area (Å²) >= 11 is 0. The number of carbonyl (C=O) groups excluding carboxylic acids is 2. The maximum atomic E-state index is 12.7. The normalized spacial score (nSPS) is 16.4. The second-order valence-electron chi connectivity index (χ2n) is 6.09. The second kappa shape index (κ2) is 7.82. The number of methoxy groups -OCH3 is 1. The molecule has 0 radical (unpaired) electrons. The Bertz CT molecular complexity index is 872. The molecule has 140 valence electrons. The van der Waals surface area contributed by atoms with Crippen LogP contribution in [0.1, 0.15) is 24.1 Å². The van der Waals surface area contributed by atoms with Gasteiger partial charge in [0.15, 0.2) is 0 Å². The Morgan fingerprint density at radius 1 is 1.11 bits per heavy atom. The van der Waals surface area contributed by atoms with Crippen molar-refractivity contribution in [2.75, 3.05) is 7.11 Å². The highest BCUT2D eigenvalue weighted by atomic mass is 16.5. The first kappa shape index (κ1) is 18.3. The van der Waals surface area contributed by atoms with Gasteiger partial charge in [-0.25, -0.2) is 9.59 Å². The van der Waals surface area contributed by atoms with Gasteiger partial charge in [-0.1, -0.05) is 24.3 Å². The van der Waals surface area contributed by atoms with E-state index < -0.39 is 18.0 Å². The Balaban J connectivity index is 1.79. The number of allylic oxidation sites excluding steroid dienone is 1. The predicted molar refractivity (Wildman–Crippen MR) is 98.0 cm³/mol. The number of rotatable bonds is 5. The van der Waals surface area contributed by atoms with Crippen molar-refractivity contribution in [1.82, 2.24) is 10.6 Å². The van der Waals surface area contributed by atoms with Gasteiger partial charge >= 0.3 is 12.0 Å². The van der Waals surface area contributed by atoms with Gasteiger partial charge in [0, 0.05) is 5.70 Å². The average Bonchev–Trinajstić information content (AvgIpc) is 2.66. The molecule has 27 heavy (non-hydrogen) atoms. The van der Waals surface area contributed by atoms with E-state index in [2.05, 4.69) is 10.6 Å². The molecule has 0 saturated heterocycles. The van der Waals surface area contributed by atoms with Gasteiger partial charge in [-0.05, 0) is 42.3 Å². The number of esters is 1. The molecule has 0 saturated carbocycles. The lowest BCUT2D eigenvalue weighted by Gasteiger charge is -2.28. The van der Waals surface area contributed by atoms with Crippen molar-refractivity contribution in [2.24, 2.45) is 0 Å². The number of hydrogen-bond acceptors (Lipinski definition) is 5. The lowest BCUT2D eigenvalue weighted by Crippen LogP contribution is -2.45. The summed E-state index contributed by atoms with van der Waals surface area (Å²) in [6.45, 7) is 1.74. The largest absolute Gasteiger partial charge is 0.508 e. The van der Waals surface area contributed by atoms with Gasteiger partial charge in [-0.3, -0.25) is 0 Å². The van der Waals surface area contributed by atoms with Gasteiger partial charge in [-0.15, -0.1) is 0 Å². The smallest absolute Gasteiger partial charge is 0.338 e. The van der Waals surface area contributed by atoms with Gasteiger partial charge in [-0.2, -0.15) is 0 Å². The molecule has 3 rings (SSSR count). The number of phenols is 1. The van der Waals surface area contributed by atoms with Crippen LogP contribution in [0.5, 0.6) is 11.5 Å². The number of carbonyl (C=O) groups is 2. The first-order chi connectivity index (χ1) is 13.0. The zero-order valence-electron chi connectivity index (χ0n) is 15.0. The number of hydrogen-bond donors (Lipinski definition) is 3. The molecule has 7 nitrogen and oxygen atoms in total. The van der Waals surface area contributed by atoms with Crippen LogP contribution in [0.2, 0.25) is 0 Å². The second-order valence-corrected chi connectivity index (χ2v) is 6.09. The van der Waals surface area contributed by atoms with E-state index >= 15 is 0 Å². The Hall–Kier alpha value is -3.48. The minimum atomic E-state index is -0.664. The van der Waals surface area contributed by atoms with Crippen molar-refractivity contribution in [3.05, 3.63) is 70.9 Å². The van der Waals surface area contributed by atoms with Crippen LogP contribution in [0, 0.1) is 0 Å². The van der Waals surface area contributed by atoms with E-state index in [0.717, 1.165) is 11.3 Å². The van der Waals surface area contributed by atoms with Gasteiger partial charge in [0.05, 0.1) is 18.7 Å². The van der Waals surface area contributed by atoms with Crippen molar-refractivity contribution in [2.45, 2.75) is 19.6 Å². The fourth-order valence-electron chi connectivity index (χ4n) is 2.83. The lowest BCUT2D eigenvalue weighted by molar-refractivity contribution is -0.140. The third-order valence-electron chi connectivity index (χ3n) is 4.24. The zero-order valence-corrected chi connectivity index (χ0v) is 15.0. The molecule has 1 aliphatic heterocycles. The lowest BCUT2D eigenvalue weighted by atomic mass is 9.95. The highest BCUT2D eigenvalue weighted by Gasteiger charge is 2.32. The fourth-order valence-corrected chi connectivity index (χ4v) is 2.83. The molecule has 3 N–H and O–H groups in total. The number of phenolic OH excluding ortho intramolecular Hbond substituents is 1. The number of benzene rings is 2. The molecule has 1 atom stereocenters. The van der Waals surface area contributed by atoms with Gasteiger partial charge in [0.25, 0.3) is 0 Å². The van der Waals surface area contributed by atoms with E-state index in [1.54, 1.807) is 38.3 Å². The van der Waals surface area contributed by atoms with E-state index in [1.165, 1.54) is 12.1 Å². The van der Waals surface area contributed by atoms with Crippen LogP contribution < -0.4 is 15.4 Å². The predicted octanol–water partition coefficient (Wildman–Crippen LogP) is 2.77. The van der Waals surface area contributed by atoms with Crippen molar-refractivity contribution in [3.63, 3.8) is 0 Å². The molecule has 7 heteroatoms.